The van der Waals surface area contributed by atoms with Crippen molar-refractivity contribution in [2.45, 2.75) is 335 Å². The minimum Gasteiger partial charge on any atom is -0.462 e. The number of carbonyl (C=O) groups excluding carboxylic acids is 3. The fourth-order valence-electron chi connectivity index (χ4n) is 8.91. The molecule has 0 amide bonds. The number of allylic oxidation sites excluding steroid dienone is 4. The summed E-state index contributed by atoms with van der Waals surface area (Å²) in [5.74, 6) is -0.872. The topological polar surface area (TPSA) is 78.9 Å². The number of hydrogen-bond donors (Lipinski definition) is 0. The van der Waals surface area contributed by atoms with E-state index in [1.165, 1.54) is 225 Å². The first-order valence-electron chi connectivity index (χ1n) is 29.8. The predicted octanol–water partition coefficient (Wildman–Crippen LogP) is 19.9. The lowest BCUT2D eigenvalue weighted by molar-refractivity contribution is -0.167. The second kappa shape index (κ2) is 56.5. The van der Waals surface area contributed by atoms with Crippen molar-refractivity contribution in [2.75, 3.05) is 13.2 Å². The van der Waals surface area contributed by atoms with Gasteiger partial charge in [-0.25, -0.2) is 0 Å². The Kier molecular flexibility index (Phi) is 54.7. The molecular weight excluding hydrogens is 829 g/mol. The van der Waals surface area contributed by atoms with Gasteiger partial charge in [0.05, 0.1) is 0 Å². The Morgan fingerprint density at radius 3 is 0.746 bits per heavy atom. The average Bonchev–Trinajstić information content (AvgIpc) is 3.33. The molecule has 1 atom stereocenters. The summed E-state index contributed by atoms with van der Waals surface area (Å²) in [5.41, 5.74) is 0. The number of unbranched alkanes of at least 4 members (excludes halogenated alkanes) is 40. The van der Waals surface area contributed by atoms with Crippen LogP contribution in [0.25, 0.3) is 0 Å². The Morgan fingerprint density at radius 1 is 0.284 bits per heavy atom. The van der Waals surface area contributed by atoms with Gasteiger partial charge in [0.1, 0.15) is 13.2 Å². The van der Waals surface area contributed by atoms with E-state index in [9.17, 15) is 14.4 Å². The molecule has 0 aromatic rings. The third kappa shape index (κ3) is 54.7. The van der Waals surface area contributed by atoms with Crippen molar-refractivity contribution in [1.29, 1.82) is 0 Å². The molecule has 0 aromatic carbocycles. The van der Waals surface area contributed by atoms with Crippen molar-refractivity contribution in [3.63, 3.8) is 0 Å². The van der Waals surface area contributed by atoms with Gasteiger partial charge in [-0.2, -0.15) is 0 Å². The molecule has 0 fully saturated rings. The molecule has 0 aliphatic heterocycles. The molecule has 6 nitrogen and oxygen atoms in total. The minimum absolute atomic E-state index is 0.0708. The van der Waals surface area contributed by atoms with Crippen LogP contribution in [-0.4, -0.2) is 37.2 Å². The SMILES string of the molecule is CCCCCCCCC/C=C\CCCCCCCC(=O)OC(COC(=O)CCCCCCCC)COC(=O)CCCCCCCCCCCCCCCCC/C=C\CCCCCCCCCC. The van der Waals surface area contributed by atoms with Crippen molar-refractivity contribution < 1.29 is 28.6 Å². The zero-order valence-corrected chi connectivity index (χ0v) is 45.2. The van der Waals surface area contributed by atoms with E-state index in [-0.39, 0.29) is 31.1 Å². The standard InChI is InChI=1S/C61H114O6/c1-4-7-10-13-16-18-20-22-24-26-27-28-29-30-31-32-33-34-35-36-38-39-41-43-45-48-51-54-60(63)66-57-58(56-65-59(62)53-50-47-15-12-9-6-3)67-61(64)55-52-49-46-44-42-40-37-25-23-21-19-17-14-11-8-5-2/h25-27,37,58H,4-24,28-36,38-57H2,1-3H3/b27-26-,37-25-. The van der Waals surface area contributed by atoms with Crippen LogP contribution in [0, 0.1) is 0 Å². The van der Waals surface area contributed by atoms with E-state index in [2.05, 4.69) is 45.1 Å². The molecule has 0 spiro atoms. The van der Waals surface area contributed by atoms with Crippen LogP contribution >= 0.6 is 0 Å². The summed E-state index contributed by atoms with van der Waals surface area (Å²) in [7, 11) is 0. The smallest absolute Gasteiger partial charge is 0.306 e. The Bertz CT molecular complexity index is 1080. The molecule has 0 rings (SSSR count). The van der Waals surface area contributed by atoms with Crippen molar-refractivity contribution in [2.24, 2.45) is 0 Å². The van der Waals surface area contributed by atoms with Crippen LogP contribution in [0.5, 0.6) is 0 Å². The maximum Gasteiger partial charge on any atom is 0.306 e. The molecular formula is C61H114O6. The maximum absolute atomic E-state index is 12.8. The van der Waals surface area contributed by atoms with Gasteiger partial charge in [0.15, 0.2) is 6.10 Å². The number of esters is 3. The van der Waals surface area contributed by atoms with Crippen LogP contribution in [0.2, 0.25) is 0 Å². The zero-order valence-electron chi connectivity index (χ0n) is 45.2. The highest BCUT2D eigenvalue weighted by molar-refractivity contribution is 5.71. The molecule has 0 saturated heterocycles. The van der Waals surface area contributed by atoms with Crippen LogP contribution < -0.4 is 0 Å². The van der Waals surface area contributed by atoms with Gasteiger partial charge < -0.3 is 14.2 Å². The Balaban J connectivity index is 4.03. The Labute approximate surface area is 417 Å². The summed E-state index contributed by atoms with van der Waals surface area (Å²) in [6, 6.07) is 0. The summed E-state index contributed by atoms with van der Waals surface area (Å²) in [6.45, 7) is 6.61. The third-order valence-electron chi connectivity index (χ3n) is 13.4. The van der Waals surface area contributed by atoms with Crippen LogP contribution in [0.3, 0.4) is 0 Å². The minimum atomic E-state index is -0.769. The summed E-state index contributed by atoms with van der Waals surface area (Å²) in [4.78, 5) is 37.9. The van der Waals surface area contributed by atoms with E-state index in [0.29, 0.717) is 19.3 Å². The highest BCUT2D eigenvalue weighted by atomic mass is 16.6. The van der Waals surface area contributed by atoms with Crippen LogP contribution in [0.15, 0.2) is 24.3 Å². The molecule has 0 N–H and O–H groups in total. The fourth-order valence-corrected chi connectivity index (χ4v) is 8.91. The van der Waals surface area contributed by atoms with Crippen LogP contribution in [0.4, 0.5) is 0 Å². The summed E-state index contributed by atoms with van der Waals surface area (Å²) < 4.78 is 16.8. The summed E-state index contributed by atoms with van der Waals surface area (Å²) in [5, 5.41) is 0. The Morgan fingerprint density at radius 2 is 0.493 bits per heavy atom. The maximum atomic E-state index is 12.8. The van der Waals surface area contributed by atoms with E-state index >= 15 is 0 Å². The highest BCUT2D eigenvalue weighted by Crippen LogP contribution is 2.17. The van der Waals surface area contributed by atoms with Crippen LogP contribution in [-0.2, 0) is 28.6 Å². The molecule has 6 heteroatoms. The second-order valence-electron chi connectivity index (χ2n) is 20.3. The monoisotopic (exact) mass is 943 g/mol. The van der Waals surface area contributed by atoms with Gasteiger partial charge in [-0.3, -0.25) is 14.4 Å². The number of carbonyl (C=O) groups is 3. The van der Waals surface area contributed by atoms with Gasteiger partial charge in [0.25, 0.3) is 0 Å². The number of hydrogen-bond acceptors (Lipinski definition) is 6. The third-order valence-corrected chi connectivity index (χ3v) is 13.4. The van der Waals surface area contributed by atoms with Gasteiger partial charge in [0, 0.05) is 19.3 Å². The quantitative estimate of drug-likeness (QED) is 0.0262. The summed E-state index contributed by atoms with van der Waals surface area (Å²) in [6.07, 6.45) is 66.5. The van der Waals surface area contributed by atoms with E-state index in [1.54, 1.807) is 0 Å². The molecule has 1 unspecified atom stereocenters. The molecule has 0 bridgehead atoms. The number of ether oxygens (including phenoxy) is 3. The van der Waals surface area contributed by atoms with Gasteiger partial charge in [0.2, 0.25) is 0 Å². The van der Waals surface area contributed by atoms with Crippen molar-refractivity contribution in [1.82, 2.24) is 0 Å². The normalized spacial score (nSPS) is 12.1. The molecule has 0 heterocycles. The van der Waals surface area contributed by atoms with Crippen molar-refractivity contribution >= 4 is 17.9 Å². The summed E-state index contributed by atoms with van der Waals surface area (Å²) >= 11 is 0. The first-order valence-corrected chi connectivity index (χ1v) is 29.8. The van der Waals surface area contributed by atoms with Gasteiger partial charge in [-0.1, -0.05) is 263 Å². The molecule has 0 aliphatic carbocycles. The molecule has 0 aromatic heterocycles. The average molecular weight is 944 g/mol. The van der Waals surface area contributed by atoms with E-state index in [4.69, 9.17) is 14.2 Å². The molecule has 67 heavy (non-hydrogen) atoms. The molecule has 394 valence electrons. The van der Waals surface area contributed by atoms with Gasteiger partial charge >= 0.3 is 17.9 Å². The first kappa shape index (κ1) is 64.9. The Hall–Kier alpha value is -2.11. The first-order chi connectivity index (χ1) is 33.0. The van der Waals surface area contributed by atoms with Crippen LogP contribution in [0.1, 0.15) is 329 Å². The van der Waals surface area contributed by atoms with Crippen molar-refractivity contribution in [3.05, 3.63) is 24.3 Å². The molecule has 0 radical (unpaired) electrons. The van der Waals surface area contributed by atoms with E-state index < -0.39 is 6.10 Å². The zero-order chi connectivity index (χ0) is 48.6. The predicted molar refractivity (Wildman–Crippen MR) is 289 cm³/mol. The fraction of sp³-hybridized carbons (Fsp3) is 0.885. The van der Waals surface area contributed by atoms with E-state index in [1.807, 2.05) is 0 Å². The van der Waals surface area contributed by atoms with Gasteiger partial charge in [-0.15, -0.1) is 0 Å². The molecule has 0 saturated carbocycles. The highest BCUT2D eigenvalue weighted by Gasteiger charge is 2.19. The van der Waals surface area contributed by atoms with Crippen molar-refractivity contribution in [3.8, 4) is 0 Å². The lowest BCUT2D eigenvalue weighted by atomic mass is 10.0. The number of rotatable bonds is 55. The van der Waals surface area contributed by atoms with E-state index in [0.717, 1.165) is 64.2 Å². The molecule has 0 aliphatic rings. The van der Waals surface area contributed by atoms with Gasteiger partial charge in [-0.05, 0) is 70.6 Å². The lowest BCUT2D eigenvalue weighted by Crippen LogP contribution is -2.30. The second-order valence-corrected chi connectivity index (χ2v) is 20.3. The lowest BCUT2D eigenvalue weighted by Gasteiger charge is -2.18. The largest absolute Gasteiger partial charge is 0.462 e.